The van der Waals surface area contributed by atoms with E-state index in [0.717, 1.165) is 12.8 Å². The summed E-state index contributed by atoms with van der Waals surface area (Å²) >= 11 is 6.24. The zero-order valence-corrected chi connectivity index (χ0v) is 21.2. The molecule has 1 aliphatic rings. The largest absolute Gasteiger partial charge is 0.487 e. The maximum Gasteiger partial charge on any atom is 0.272 e. The Morgan fingerprint density at radius 2 is 1.75 bits per heavy atom. The minimum atomic E-state index is -2.70. The molecular formula is C26H30ClF2N3O4. The van der Waals surface area contributed by atoms with Gasteiger partial charge in [-0.1, -0.05) is 38.4 Å². The summed E-state index contributed by atoms with van der Waals surface area (Å²) in [6.07, 6.45) is -0.635. The number of hydrogen-bond acceptors (Lipinski definition) is 4. The van der Waals surface area contributed by atoms with Gasteiger partial charge in [-0.2, -0.15) is 0 Å². The number of rotatable bonds is 10. The molecule has 36 heavy (non-hydrogen) atoms. The third kappa shape index (κ3) is 7.91. The third-order valence-corrected chi connectivity index (χ3v) is 5.83. The molecule has 0 bridgehead atoms. The van der Waals surface area contributed by atoms with Crippen LogP contribution in [0.15, 0.2) is 36.4 Å². The second-order valence-electron chi connectivity index (χ2n) is 9.77. The van der Waals surface area contributed by atoms with Gasteiger partial charge in [0.1, 0.15) is 12.4 Å². The van der Waals surface area contributed by atoms with E-state index in [4.69, 9.17) is 16.3 Å². The summed E-state index contributed by atoms with van der Waals surface area (Å²) in [5, 5.41) is 8.49. The lowest BCUT2D eigenvalue weighted by Crippen LogP contribution is -2.34. The highest BCUT2D eigenvalue weighted by Crippen LogP contribution is 2.29. The van der Waals surface area contributed by atoms with Crippen LogP contribution in [0.2, 0.25) is 5.02 Å². The molecule has 0 aromatic heterocycles. The van der Waals surface area contributed by atoms with Gasteiger partial charge in [-0.15, -0.1) is 0 Å². The van der Waals surface area contributed by atoms with E-state index in [1.165, 1.54) is 18.2 Å². The van der Waals surface area contributed by atoms with E-state index < -0.39 is 30.3 Å². The zero-order valence-electron chi connectivity index (χ0n) is 20.4. The first kappa shape index (κ1) is 27.4. The molecule has 0 unspecified atom stereocenters. The third-order valence-electron chi connectivity index (χ3n) is 5.50. The van der Waals surface area contributed by atoms with Crippen molar-refractivity contribution in [1.29, 1.82) is 0 Å². The Kier molecular flexibility index (Phi) is 8.89. The van der Waals surface area contributed by atoms with Crippen LogP contribution in [0.5, 0.6) is 5.75 Å². The molecular weight excluding hydrogens is 492 g/mol. The summed E-state index contributed by atoms with van der Waals surface area (Å²) in [5.74, 6) is -0.724. The van der Waals surface area contributed by atoms with E-state index in [1.54, 1.807) is 39.0 Å². The molecule has 3 amide bonds. The lowest BCUT2D eigenvalue weighted by Gasteiger charge is -2.18. The molecule has 2 aromatic carbocycles. The number of hydrogen-bond donors (Lipinski definition) is 3. The van der Waals surface area contributed by atoms with E-state index >= 15 is 0 Å². The van der Waals surface area contributed by atoms with E-state index in [-0.39, 0.29) is 40.0 Å². The van der Waals surface area contributed by atoms with Crippen LogP contribution in [-0.2, 0) is 11.3 Å². The van der Waals surface area contributed by atoms with Crippen molar-refractivity contribution < 1.29 is 27.9 Å². The van der Waals surface area contributed by atoms with Crippen molar-refractivity contribution in [1.82, 2.24) is 10.6 Å². The first-order valence-corrected chi connectivity index (χ1v) is 12.0. The Bertz CT molecular complexity index is 1130. The van der Waals surface area contributed by atoms with Gasteiger partial charge in [-0.05, 0) is 54.7 Å². The van der Waals surface area contributed by atoms with Crippen molar-refractivity contribution in [3.8, 4) is 5.75 Å². The van der Waals surface area contributed by atoms with Gasteiger partial charge in [-0.25, -0.2) is 8.78 Å². The van der Waals surface area contributed by atoms with Gasteiger partial charge in [0.25, 0.3) is 18.2 Å². The number of alkyl halides is 2. The molecule has 2 aromatic rings. The molecule has 0 radical (unpaired) electrons. The van der Waals surface area contributed by atoms with Gasteiger partial charge in [0, 0.05) is 24.2 Å². The van der Waals surface area contributed by atoms with Gasteiger partial charge in [-0.3, -0.25) is 14.4 Å². The monoisotopic (exact) mass is 521 g/mol. The minimum absolute atomic E-state index is 0.00350. The summed E-state index contributed by atoms with van der Waals surface area (Å²) in [6, 6.07) is 9.04. The normalized spacial score (nSPS) is 13.3. The molecule has 7 nitrogen and oxygen atoms in total. The van der Waals surface area contributed by atoms with Crippen LogP contribution in [0.1, 0.15) is 59.9 Å². The highest BCUT2D eigenvalue weighted by atomic mass is 35.5. The van der Waals surface area contributed by atoms with Gasteiger partial charge >= 0.3 is 0 Å². The lowest BCUT2D eigenvalue weighted by molar-refractivity contribution is -0.128. The Balaban J connectivity index is 1.76. The SMILES string of the molecule is CC(C)(C)C(=O)NCc1ccc(Cl)c(C(=O)Nc2ccc(OCC(F)F)c(C(=O)NCC3CC3)c2)c1. The van der Waals surface area contributed by atoms with Crippen LogP contribution in [0.4, 0.5) is 14.5 Å². The Hall–Kier alpha value is -3.20. The summed E-state index contributed by atoms with van der Waals surface area (Å²) in [7, 11) is 0. The molecule has 0 aliphatic heterocycles. The molecule has 0 heterocycles. The summed E-state index contributed by atoms with van der Waals surface area (Å²) in [4.78, 5) is 37.8. The Morgan fingerprint density at radius 3 is 2.39 bits per heavy atom. The number of benzene rings is 2. The van der Waals surface area contributed by atoms with Crippen molar-refractivity contribution in [3.63, 3.8) is 0 Å². The van der Waals surface area contributed by atoms with E-state index in [2.05, 4.69) is 16.0 Å². The standard InChI is InChI=1S/C26H30ClF2N3O4/c1-26(2,3)25(35)31-13-16-6-8-20(27)18(10-16)24(34)32-17-7-9-21(36-14-22(28)29)19(11-17)23(33)30-12-15-4-5-15/h6-11,15,22H,4-5,12-14H2,1-3H3,(H,30,33)(H,31,35)(H,32,34). The van der Waals surface area contributed by atoms with Gasteiger partial charge in [0.15, 0.2) is 0 Å². The molecule has 0 spiro atoms. The van der Waals surface area contributed by atoms with Crippen LogP contribution in [0.3, 0.4) is 0 Å². The van der Waals surface area contributed by atoms with Crippen molar-refractivity contribution >= 4 is 35.0 Å². The number of carbonyl (C=O) groups excluding carboxylic acids is 3. The van der Waals surface area contributed by atoms with Crippen molar-refractivity contribution in [2.75, 3.05) is 18.5 Å². The second-order valence-corrected chi connectivity index (χ2v) is 10.2. The van der Waals surface area contributed by atoms with E-state index in [0.29, 0.717) is 18.0 Å². The first-order chi connectivity index (χ1) is 16.9. The zero-order chi connectivity index (χ0) is 26.5. The highest BCUT2D eigenvalue weighted by Gasteiger charge is 2.24. The predicted molar refractivity (Wildman–Crippen MR) is 134 cm³/mol. The van der Waals surface area contributed by atoms with Crippen LogP contribution in [0, 0.1) is 11.3 Å². The van der Waals surface area contributed by atoms with E-state index in [9.17, 15) is 23.2 Å². The Morgan fingerprint density at radius 1 is 1.03 bits per heavy atom. The fourth-order valence-electron chi connectivity index (χ4n) is 3.22. The number of carbonyl (C=O) groups is 3. The van der Waals surface area contributed by atoms with Crippen LogP contribution in [-0.4, -0.2) is 37.3 Å². The molecule has 10 heteroatoms. The number of amides is 3. The molecule has 1 fully saturated rings. The fourth-order valence-corrected chi connectivity index (χ4v) is 3.42. The summed E-state index contributed by atoms with van der Waals surface area (Å²) in [5.41, 5.74) is 0.609. The number of anilines is 1. The fraction of sp³-hybridized carbons (Fsp3) is 0.423. The first-order valence-electron chi connectivity index (χ1n) is 11.7. The smallest absolute Gasteiger partial charge is 0.272 e. The molecule has 0 atom stereocenters. The molecule has 3 rings (SSSR count). The highest BCUT2D eigenvalue weighted by molar-refractivity contribution is 6.34. The van der Waals surface area contributed by atoms with Gasteiger partial charge in [0.05, 0.1) is 16.1 Å². The lowest BCUT2D eigenvalue weighted by atomic mass is 9.95. The molecule has 0 saturated heterocycles. The average molecular weight is 522 g/mol. The summed E-state index contributed by atoms with van der Waals surface area (Å²) < 4.78 is 30.4. The van der Waals surface area contributed by atoms with Crippen LogP contribution < -0.4 is 20.7 Å². The molecule has 1 aliphatic carbocycles. The molecule has 194 valence electrons. The predicted octanol–water partition coefficient (Wildman–Crippen LogP) is 5.04. The average Bonchev–Trinajstić information content (AvgIpc) is 3.64. The van der Waals surface area contributed by atoms with Crippen LogP contribution in [0.25, 0.3) is 0 Å². The van der Waals surface area contributed by atoms with Crippen LogP contribution >= 0.6 is 11.6 Å². The quantitative estimate of drug-likeness (QED) is 0.408. The Labute approximate surface area is 213 Å². The van der Waals surface area contributed by atoms with Crippen molar-refractivity contribution in [2.24, 2.45) is 11.3 Å². The van der Waals surface area contributed by atoms with Crippen molar-refractivity contribution in [3.05, 3.63) is 58.1 Å². The topological polar surface area (TPSA) is 96.5 Å². The molecule has 3 N–H and O–H groups in total. The molecule has 1 saturated carbocycles. The summed E-state index contributed by atoms with van der Waals surface area (Å²) in [6.45, 7) is 5.24. The van der Waals surface area contributed by atoms with Crippen molar-refractivity contribution in [2.45, 2.75) is 46.6 Å². The number of halogens is 3. The maximum absolute atomic E-state index is 13.0. The van der Waals surface area contributed by atoms with Gasteiger partial charge in [0.2, 0.25) is 5.91 Å². The number of ether oxygens (including phenoxy) is 1. The minimum Gasteiger partial charge on any atom is -0.487 e. The second kappa shape index (κ2) is 11.7. The van der Waals surface area contributed by atoms with Gasteiger partial charge < -0.3 is 20.7 Å². The van der Waals surface area contributed by atoms with E-state index in [1.807, 2.05) is 0 Å². The number of nitrogens with one attached hydrogen (secondary N) is 3. The maximum atomic E-state index is 13.0.